The van der Waals surface area contributed by atoms with Crippen LogP contribution in [0.4, 0.5) is 0 Å². The minimum absolute atomic E-state index is 0.654. The molecule has 72 valence electrons. The summed E-state index contributed by atoms with van der Waals surface area (Å²) < 4.78 is 0. The van der Waals surface area contributed by atoms with Crippen LogP contribution >= 0.6 is 12.6 Å². The lowest BCUT2D eigenvalue weighted by Gasteiger charge is -2.05. The largest absolute Gasteiger partial charge is 0.249 e. The zero-order valence-corrected chi connectivity index (χ0v) is 8.96. The SMILES string of the molecule is CCc1nc2ccccc2nc1CS. The Labute approximate surface area is 88.8 Å². The van der Waals surface area contributed by atoms with E-state index in [-0.39, 0.29) is 0 Å². The number of aryl methyl sites for hydroxylation is 1. The maximum absolute atomic E-state index is 4.55. The van der Waals surface area contributed by atoms with E-state index in [1.54, 1.807) is 0 Å². The van der Waals surface area contributed by atoms with E-state index in [1.165, 1.54) is 0 Å². The number of thiol groups is 1. The molecule has 1 heterocycles. The molecule has 1 aromatic heterocycles. The highest BCUT2D eigenvalue weighted by Crippen LogP contribution is 2.14. The first-order valence-corrected chi connectivity index (χ1v) is 5.33. The van der Waals surface area contributed by atoms with Crippen LogP contribution in [0.1, 0.15) is 18.3 Å². The van der Waals surface area contributed by atoms with Crippen LogP contribution in [-0.2, 0) is 12.2 Å². The molecular weight excluding hydrogens is 192 g/mol. The molecule has 0 aliphatic rings. The van der Waals surface area contributed by atoms with E-state index in [4.69, 9.17) is 0 Å². The first-order chi connectivity index (χ1) is 6.85. The van der Waals surface area contributed by atoms with Crippen LogP contribution in [-0.4, -0.2) is 9.97 Å². The van der Waals surface area contributed by atoms with Crippen LogP contribution in [0.5, 0.6) is 0 Å². The summed E-state index contributed by atoms with van der Waals surface area (Å²) in [6, 6.07) is 7.93. The minimum Gasteiger partial charge on any atom is -0.249 e. The summed E-state index contributed by atoms with van der Waals surface area (Å²) >= 11 is 4.26. The molecule has 0 aliphatic carbocycles. The number of aromatic nitrogens is 2. The molecule has 0 atom stereocenters. The van der Waals surface area contributed by atoms with Crippen molar-refractivity contribution in [2.24, 2.45) is 0 Å². The highest BCUT2D eigenvalue weighted by atomic mass is 32.1. The molecule has 3 heteroatoms. The zero-order chi connectivity index (χ0) is 9.97. The van der Waals surface area contributed by atoms with Gasteiger partial charge in [0.05, 0.1) is 22.4 Å². The van der Waals surface area contributed by atoms with E-state index in [0.29, 0.717) is 5.75 Å². The van der Waals surface area contributed by atoms with Gasteiger partial charge in [-0.3, -0.25) is 0 Å². The van der Waals surface area contributed by atoms with Crippen molar-refractivity contribution < 1.29 is 0 Å². The Morgan fingerprint density at radius 3 is 2.14 bits per heavy atom. The lowest BCUT2D eigenvalue weighted by Crippen LogP contribution is -1.99. The van der Waals surface area contributed by atoms with Crippen LogP contribution < -0.4 is 0 Å². The topological polar surface area (TPSA) is 25.8 Å². The summed E-state index contributed by atoms with van der Waals surface area (Å²) in [5.41, 5.74) is 3.97. The number of benzene rings is 1. The third-order valence-electron chi connectivity index (χ3n) is 2.21. The first kappa shape index (κ1) is 9.46. The van der Waals surface area contributed by atoms with E-state index in [0.717, 1.165) is 28.8 Å². The summed E-state index contributed by atoms with van der Waals surface area (Å²) in [4.78, 5) is 9.08. The molecule has 0 spiro atoms. The van der Waals surface area contributed by atoms with E-state index in [9.17, 15) is 0 Å². The van der Waals surface area contributed by atoms with Crippen LogP contribution in [0.25, 0.3) is 11.0 Å². The van der Waals surface area contributed by atoms with Gasteiger partial charge in [-0.15, -0.1) is 0 Å². The van der Waals surface area contributed by atoms with Crippen molar-refractivity contribution in [1.29, 1.82) is 0 Å². The molecule has 2 nitrogen and oxygen atoms in total. The molecule has 0 radical (unpaired) electrons. The Morgan fingerprint density at radius 1 is 1.07 bits per heavy atom. The number of nitrogens with zero attached hydrogens (tertiary/aromatic N) is 2. The number of hydrogen-bond acceptors (Lipinski definition) is 3. The van der Waals surface area contributed by atoms with Gasteiger partial charge in [0.25, 0.3) is 0 Å². The quantitative estimate of drug-likeness (QED) is 0.761. The second-order valence-electron chi connectivity index (χ2n) is 3.12. The van der Waals surface area contributed by atoms with Crippen molar-refractivity contribution in [1.82, 2.24) is 9.97 Å². The van der Waals surface area contributed by atoms with Gasteiger partial charge in [-0.05, 0) is 18.6 Å². The maximum Gasteiger partial charge on any atom is 0.0890 e. The van der Waals surface area contributed by atoms with Crippen molar-refractivity contribution in [3.63, 3.8) is 0 Å². The Bertz CT molecular complexity index is 411. The van der Waals surface area contributed by atoms with Gasteiger partial charge in [0.1, 0.15) is 0 Å². The molecule has 0 N–H and O–H groups in total. The van der Waals surface area contributed by atoms with Crippen molar-refractivity contribution in [2.45, 2.75) is 19.1 Å². The van der Waals surface area contributed by atoms with Gasteiger partial charge < -0.3 is 0 Å². The molecule has 14 heavy (non-hydrogen) atoms. The summed E-state index contributed by atoms with van der Waals surface area (Å²) in [6.45, 7) is 2.09. The van der Waals surface area contributed by atoms with Crippen LogP contribution in [0, 0.1) is 0 Å². The van der Waals surface area contributed by atoms with E-state index < -0.39 is 0 Å². The molecule has 0 bridgehead atoms. The van der Waals surface area contributed by atoms with Crippen LogP contribution in [0.3, 0.4) is 0 Å². The van der Waals surface area contributed by atoms with Gasteiger partial charge in [0, 0.05) is 5.75 Å². The van der Waals surface area contributed by atoms with Crippen LogP contribution in [0.2, 0.25) is 0 Å². The Balaban J connectivity index is 2.69. The Kier molecular flexibility index (Phi) is 2.68. The summed E-state index contributed by atoms with van der Waals surface area (Å²) in [6.07, 6.45) is 0.910. The van der Waals surface area contributed by atoms with Crippen molar-refractivity contribution in [3.05, 3.63) is 35.7 Å². The van der Waals surface area contributed by atoms with Crippen molar-refractivity contribution in [3.8, 4) is 0 Å². The summed E-state index contributed by atoms with van der Waals surface area (Å²) in [7, 11) is 0. The molecule has 2 aromatic rings. The predicted molar refractivity (Wildman–Crippen MR) is 61.6 cm³/mol. The molecule has 0 saturated carbocycles. The van der Waals surface area contributed by atoms with Crippen LogP contribution in [0.15, 0.2) is 24.3 Å². The van der Waals surface area contributed by atoms with E-state index >= 15 is 0 Å². The smallest absolute Gasteiger partial charge is 0.0890 e. The molecule has 0 amide bonds. The number of para-hydroxylation sites is 2. The summed E-state index contributed by atoms with van der Waals surface area (Å²) in [5, 5.41) is 0. The third kappa shape index (κ3) is 1.60. The van der Waals surface area contributed by atoms with Gasteiger partial charge in [0.2, 0.25) is 0 Å². The van der Waals surface area contributed by atoms with Crippen molar-refractivity contribution >= 4 is 23.7 Å². The second kappa shape index (κ2) is 3.96. The average Bonchev–Trinajstić information content (AvgIpc) is 2.27. The van der Waals surface area contributed by atoms with Gasteiger partial charge in [0.15, 0.2) is 0 Å². The molecule has 0 unspecified atom stereocenters. The third-order valence-corrected chi connectivity index (χ3v) is 2.51. The molecule has 2 rings (SSSR count). The molecule has 1 aromatic carbocycles. The first-order valence-electron chi connectivity index (χ1n) is 4.70. The fourth-order valence-electron chi connectivity index (χ4n) is 1.48. The highest BCUT2D eigenvalue weighted by Gasteiger charge is 2.04. The number of hydrogen-bond donors (Lipinski definition) is 1. The lowest BCUT2D eigenvalue weighted by molar-refractivity contribution is 0.982. The summed E-state index contributed by atoms with van der Waals surface area (Å²) in [5.74, 6) is 0.654. The zero-order valence-electron chi connectivity index (χ0n) is 8.07. The fraction of sp³-hybridized carbons (Fsp3) is 0.273. The lowest BCUT2D eigenvalue weighted by atomic mass is 10.2. The normalized spacial score (nSPS) is 10.7. The van der Waals surface area contributed by atoms with E-state index in [1.807, 2.05) is 24.3 Å². The average molecular weight is 204 g/mol. The molecule has 0 fully saturated rings. The Morgan fingerprint density at radius 2 is 1.64 bits per heavy atom. The van der Waals surface area contributed by atoms with Gasteiger partial charge in [-0.25, -0.2) is 9.97 Å². The fourth-order valence-corrected chi connectivity index (χ4v) is 1.74. The standard InChI is InChI=1S/C11H12N2S/c1-2-8-11(7-14)13-10-6-4-3-5-9(10)12-8/h3-6,14H,2,7H2,1H3. The number of fused-ring (bicyclic) bond motifs is 1. The van der Waals surface area contributed by atoms with Gasteiger partial charge in [-0.1, -0.05) is 19.1 Å². The monoisotopic (exact) mass is 204 g/mol. The number of rotatable bonds is 2. The molecular formula is C11H12N2S. The highest BCUT2D eigenvalue weighted by molar-refractivity contribution is 7.79. The molecule has 0 aliphatic heterocycles. The maximum atomic E-state index is 4.55. The minimum atomic E-state index is 0.654. The van der Waals surface area contributed by atoms with Gasteiger partial charge >= 0.3 is 0 Å². The molecule has 0 saturated heterocycles. The second-order valence-corrected chi connectivity index (χ2v) is 3.43. The van der Waals surface area contributed by atoms with Gasteiger partial charge in [-0.2, -0.15) is 12.6 Å². The van der Waals surface area contributed by atoms with Crippen molar-refractivity contribution in [2.75, 3.05) is 0 Å². The predicted octanol–water partition coefficient (Wildman–Crippen LogP) is 2.62. The Hall–Kier alpha value is -1.09. The van der Waals surface area contributed by atoms with E-state index in [2.05, 4.69) is 29.5 Å².